The summed E-state index contributed by atoms with van der Waals surface area (Å²) in [6.07, 6.45) is 0. The zero-order valence-corrected chi connectivity index (χ0v) is 12.9. The van der Waals surface area contributed by atoms with Gasteiger partial charge in [-0.05, 0) is 55.3 Å². The van der Waals surface area contributed by atoms with E-state index in [4.69, 9.17) is 16.3 Å². The zero-order chi connectivity index (χ0) is 15.4. The highest BCUT2D eigenvalue weighted by Crippen LogP contribution is 2.24. The van der Waals surface area contributed by atoms with Crippen LogP contribution in [0.5, 0.6) is 5.75 Å². The largest absolute Gasteiger partial charge is 0.497 e. The summed E-state index contributed by atoms with van der Waals surface area (Å²) in [5, 5.41) is 6.22. The minimum atomic E-state index is -0.311. The fourth-order valence-electron chi connectivity index (χ4n) is 1.92. The third kappa shape index (κ3) is 3.67. The minimum absolute atomic E-state index is 0.311. The van der Waals surface area contributed by atoms with E-state index in [1.54, 1.807) is 31.4 Å². The van der Waals surface area contributed by atoms with Gasteiger partial charge < -0.3 is 15.4 Å². The lowest BCUT2D eigenvalue weighted by Gasteiger charge is -2.12. The Hall–Kier alpha value is -2.20. The third-order valence-corrected chi connectivity index (χ3v) is 3.61. The fourth-order valence-corrected chi connectivity index (χ4v) is 2.10. The van der Waals surface area contributed by atoms with Gasteiger partial charge in [0.15, 0.2) is 0 Å². The van der Waals surface area contributed by atoms with Crippen LogP contribution in [-0.2, 0) is 0 Å². The summed E-state index contributed by atoms with van der Waals surface area (Å²) < 4.78 is 5.14. The first-order valence-electron chi connectivity index (χ1n) is 6.49. The second-order valence-electron chi connectivity index (χ2n) is 4.67. The smallest absolute Gasteiger partial charge is 0.323 e. The van der Waals surface area contributed by atoms with Crippen LogP contribution in [0.2, 0.25) is 5.02 Å². The molecule has 0 aliphatic rings. The number of carbonyl (C=O) groups is 1. The number of hydrogen-bond acceptors (Lipinski definition) is 2. The van der Waals surface area contributed by atoms with Crippen molar-refractivity contribution in [1.29, 1.82) is 0 Å². The lowest BCUT2D eigenvalue weighted by atomic mass is 10.2. The van der Waals surface area contributed by atoms with E-state index in [1.807, 2.05) is 26.0 Å². The first-order valence-corrected chi connectivity index (χ1v) is 6.87. The summed E-state index contributed by atoms with van der Waals surface area (Å²) in [5.74, 6) is 0.754. The second-order valence-corrected chi connectivity index (χ2v) is 5.08. The van der Waals surface area contributed by atoms with Gasteiger partial charge in [-0.1, -0.05) is 17.7 Å². The van der Waals surface area contributed by atoms with Crippen LogP contribution in [0.1, 0.15) is 11.1 Å². The highest BCUT2D eigenvalue weighted by molar-refractivity contribution is 6.31. The highest BCUT2D eigenvalue weighted by Gasteiger charge is 2.08. The van der Waals surface area contributed by atoms with Crippen molar-refractivity contribution in [3.8, 4) is 5.75 Å². The molecule has 2 N–H and O–H groups in total. The summed E-state index contributed by atoms with van der Waals surface area (Å²) in [4.78, 5) is 12.1. The highest BCUT2D eigenvalue weighted by atomic mass is 35.5. The van der Waals surface area contributed by atoms with Crippen molar-refractivity contribution in [2.75, 3.05) is 17.7 Å². The van der Waals surface area contributed by atoms with Crippen LogP contribution in [0.3, 0.4) is 0 Å². The molecule has 0 unspecified atom stereocenters. The van der Waals surface area contributed by atoms with E-state index in [0.29, 0.717) is 10.7 Å². The number of carbonyl (C=O) groups excluding carboxylic acids is 1. The average molecular weight is 305 g/mol. The first kappa shape index (κ1) is 15.2. The average Bonchev–Trinajstić information content (AvgIpc) is 2.46. The molecule has 0 saturated heterocycles. The maximum absolute atomic E-state index is 12.1. The van der Waals surface area contributed by atoms with Crippen molar-refractivity contribution in [1.82, 2.24) is 0 Å². The van der Waals surface area contributed by atoms with Gasteiger partial charge in [-0.15, -0.1) is 0 Å². The van der Waals surface area contributed by atoms with Crippen LogP contribution in [-0.4, -0.2) is 13.1 Å². The van der Waals surface area contributed by atoms with E-state index in [1.165, 1.54) is 0 Å². The maximum atomic E-state index is 12.1. The van der Waals surface area contributed by atoms with Crippen LogP contribution >= 0.6 is 11.6 Å². The molecule has 0 aliphatic heterocycles. The number of methoxy groups -OCH3 is 1. The predicted molar refractivity (Wildman–Crippen MR) is 86.6 cm³/mol. The van der Waals surface area contributed by atoms with Gasteiger partial charge in [0.1, 0.15) is 5.75 Å². The Morgan fingerprint density at radius 1 is 1.10 bits per heavy atom. The zero-order valence-electron chi connectivity index (χ0n) is 12.2. The molecule has 0 aliphatic carbocycles. The number of hydrogen-bond donors (Lipinski definition) is 2. The van der Waals surface area contributed by atoms with Gasteiger partial charge in [0.25, 0.3) is 0 Å². The molecule has 0 spiro atoms. The van der Waals surface area contributed by atoms with E-state index in [9.17, 15) is 4.79 Å². The SMILES string of the molecule is COc1ccc(NC(=O)Nc2cccc(Cl)c2C)c(C)c1. The minimum Gasteiger partial charge on any atom is -0.497 e. The van der Waals surface area contributed by atoms with Gasteiger partial charge in [-0.2, -0.15) is 0 Å². The molecule has 0 radical (unpaired) electrons. The van der Waals surface area contributed by atoms with Crippen molar-refractivity contribution in [2.24, 2.45) is 0 Å². The van der Waals surface area contributed by atoms with E-state index < -0.39 is 0 Å². The van der Waals surface area contributed by atoms with Crippen LogP contribution < -0.4 is 15.4 Å². The molecular formula is C16H17ClN2O2. The number of urea groups is 1. The molecule has 2 rings (SSSR count). The predicted octanol–water partition coefficient (Wildman–Crippen LogP) is 4.61. The standard InChI is InChI=1S/C16H17ClN2O2/c1-10-9-12(21-3)7-8-14(10)18-16(20)19-15-6-4-5-13(17)11(15)2/h4-9H,1-3H3,(H2,18,19,20). The third-order valence-electron chi connectivity index (χ3n) is 3.20. The number of aryl methyl sites for hydroxylation is 1. The van der Waals surface area contributed by atoms with Crippen molar-refractivity contribution < 1.29 is 9.53 Å². The van der Waals surface area contributed by atoms with Gasteiger partial charge >= 0.3 is 6.03 Å². The Morgan fingerprint density at radius 2 is 1.81 bits per heavy atom. The summed E-state index contributed by atoms with van der Waals surface area (Å²) in [6, 6.07) is 10.5. The number of anilines is 2. The van der Waals surface area contributed by atoms with E-state index in [-0.39, 0.29) is 6.03 Å². The van der Waals surface area contributed by atoms with Gasteiger partial charge in [0.2, 0.25) is 0 Å². The maximum Gasteiger partial charge on any atom is 0.323 e. The number of benzene rings is 2. The Kier molecular flexibility index (Phi) is 4.70. The number of nitrogens with one attached hydrogen (secondary N) is 2. The molecule has 0 heterocycles. The molecule has 0 bridgehead atoms. The lowest BCUT2D eigenvalue weighted by Crippen LogP contribution is -2.20. The molecule has 21 heavy (non-hydrogen) atoms. The molecule has 2 aromatic carbocycles. The number of ether oxygens (including phenoxy) is 1. The van der Waals surface area contributed by atoms with Crippen LogP contribution in [0.15, 0.2) is 36.4 Å². The molecular weight excluding hydrogens is 288 g/mol. The van der Waals surface area contributed by atoms with Crippen molar-refractivity contribution in [3.63, 3.8) is 0 Å². The number of halogens is 1. The lowest BCUT2D eigenvalue weighted by molar-refractivity contribution is 0.262. The van der Waals surface area contributed by atoms with E-state index in [0.717, 1.165) is 22.6 Å². The van der Waals surface area contributed by atoms with Gasteiger partial charge in [0, 0.05) is 16.4 Å². The molecule has 2 aromatic rings. The van der Waals surface area contributed by atoms with E-state index >= 15 is 0 Å². The van der Waals surface area contributed by atoms with Crippen LogP contribution in [0, 0.1) is 13.8 Å². The molecule has 4 nitrogen and oxygen atoms in total. The summed E-state index contributed by atoms with van der Waals surface area (Å²) in [6.45, 7) is 3.76. The Balaban J connectivity index is 2.10. The van der Waals surface area contributed by atoms with Crippen LogP contribution in [0.25, 0.3) is 0 Å². The molecule has 2 amide bonds. The van der Waals surface area contributed by atoms with Crippen molar-refractivity contribution >= 4 is 29.0 Å². The number of rotatable bonds is 3. The van der Waals surface area contributed by atoms with Gasteiger partial charge in [0.05, 0.1) is 7.11 Å². The Labute approximate surface area is 129 Å². The fraction of sp³-hybridized carbons (Fsp3) is 0.188. The quantitative estimate of drug-likeness (QED) is 0.870. The van der Waals surface area contributed by atoms with Gasteiger partial charge in [-0.3, -0.25) is 0 Å². The van der Waals surface area contributed by atoms with Crippen molar-refractivity contribution in [2.45, 2.75) is 13.8 Å². The Morgan fingerprint density at radius 3 is 2.48 bits per heavy atom. The number of amides is 2. The normalized spacial score (nSPS) is 10.1. The Bertz CT molecular complexity index is 671. The van der Waals surface area contributed by atoms with Gasteiger partial charge in [-0.25, -0.2) is 4.79 Å². The van der Waals surface area contributed by atoms with Crippen molar-refractivity contribution in [3.05, 3.63) is 52.5 Å². The molecule has 5 heteroatoms. The second kappa shape index (κ2) is 6.50. The summed E-state index contributed by atoms with van der Waals surface area (Å²) in [5.41, 5.74) is 3.17. The van der Waals surface area contributed by atoms with E-state index in [2.05, 4.69) is 10.6 Å². The molecule has 110 valence electrons. The summed E-state index contributed by atoms with van der Waals surface area (Å²) >= 11 is 6.03. The molecule has 0 saturated carbocycles. The summed E-state index contributed by atoms with van der Waals surface area (Å²) in [7, 11) is 1.61. The monoisotopic (exact) mass is 304 g/mol. The molecule has 0 aromatic heterocycles. The first-order chi connectivity index (χ1) is 10.0. The molecule has 0 atom stereocenters. The van der Waals surface area contributed by atoms with Crippen LogP contribution in [0.4, 0.5) is 16.2 Å². The topological polar surface area (TPSA) is 50.4 Å². The molecule has 0 fully saturated rings.